The standard InChI is InChI=1S/C12H11N5O2/c13-16-12(18)11-8-3-1-2-4-9(8)19-10(11)5-17-7-14-6-15-17/h1-4,6-7H,5,13H2,(H,16,18). The third-order valence-corrected chi connectivity index (χ3v) is 2.80. The highest BCUT2D eigenvalue weighted by molar-refractivity contribution is 6.07. The summed E-state index contributed by atoms with van der Waals surface area (Å²) in [5.41, 5.74) is 3.20. The van der Waals surface area contributed by atoms with Crippen molar-refractivity contribution in [2.45, 2.75) is 6.54 Å². The van der Waals surface area contributed by atoms with E-state index in [1.807, 2.05) is 18.2 Å². The first-order chi connectivity index (χ1) is 9.29. The highest BCUT2D eigenvalue weighted by atomic mass is 16.3. The Balaban J connectivity index is 2.14. The number of aromatic nitrogens is 3. The number of nitrogens with zero attached hydrogens (tertiary/aromatic N) is 3. The van der Waals surface area contributed by atoms with Crippen LogP contribution in [0.15, 0.2) is 41.3 Å². The summed E-state index contributed by atoms with van der Waals surface area (Å²) >= 11 is 0. The van der Waals surface area contributed by atoms with Gasteiger partial charge in [0.2, 0.25) is 0 Å². The number of nitrogens with two attached hydrogens (primary N) is 1. The first-order valence-electron chi connectivity index (χ1n) is 5.63. The maximum Gasteiger partial charge on any atom is 0.269 e. The zero-order valence-corrected chi connectivity index (χ0v) is 9.91. The second-order valence-electron chi connectivity index (χ2n) is 3.96. The number of carbonyl (C=O) groups excluding carboxylic acids is 1. The van der Waals surface area contributed by atoms with Gasteiger partial charge >= 0.3 is 0 Å². The summed E-state index contributed by atoms with van der Waals surface area (Å²) in [5, 5.41) is 4.71. The minimum absolute atomic E-state index is 0.317. The lowest BCUT2D eigenvalue weighted by Crippen LogP contribution is -2.30. The molecule has 0 atom stereocenters. The van der Waals surface area contributed by atoms with E-state index >= 15 is 0 Å². The minimum atomic E-state index is -0.389. The summed E-state index contributed by atoms with van der Waals surface area (Å²) < 4.78 is 7.26. The zero-order chi connectivity index (χ0) is 13.2. The topological polar surface area (TPSA) is 99.0 Å². The second-order valence-corrected chi connectivity index (χ2v) is 3.96. The molecule has 1 aromatic carbocycles. The van der Waals surface area contributed by atoms with E-state index in [-0.39, 0.29) is 5.91 Å². The van der Waals surface area contributed by atoms with Gasteiger partial charge in [0.05, 0.1) is 5.56 Å². The number of rotatable bonds is 3. The van der Waals surface area contributed by atoms with Crippen LogP contribution in [0.5, 0.6) is 0 Å². The number of nitrogens with one attached hydrogen (secondary N) is 1. The Hall–Kier alpha value is -2.67. The maximum absolute atomic E-state index is 11.9. The van der Waals surface area contributed by atoms with Gasteiger partial charge in [0.25, 0.3) is 5.91 Å². The molecule has 96 valence electrons. The van der Waals surface area contributed by atoms with Crippen LogP contribution in [0.3, 0.4) is 0 Å². The van der Waals surface area contributed by atoms with Crippen LogP contribution < -0.4 is 11.3 Å². The molecule has 19 heavy (non-hydrogen) atoms. The summed E-state index contributed by atoms with van der Waals surface area (Å²) in [7, 11) is 0. The zero-order valence-electron chi connectivity index (χ0n) is 9.91. The van der Waals surface area contributed by atoms with E-state index in [0.717, 1.165) is 5.39 Å². The van der Waals surface area contributed by atoms with Crippen molar-refractivity contribution in [3.05, 3.63) is 48.2 Å². The third kappa shape index (κ3) is 1.95. The Labute approximate surface area is 108 Å². The number of hydrazine groups is 1. The van der Waals surface area contributed by atoms with Gasteiger partial charge in [-0.15, -0.1) is 0 Å². The Kier molecular flexibility index (Phi) is 2.73. The molecule has 3 N–H and O–H groups in total. The Bertz CT molecular complexity index is 717. The molecule has 1 amide bonds. The normalized spacial score (nSPS) is 10.8. The van der Waals surface area contributed by atoms with Crippen molar-refractivity contribution in [3.63, 3.8) is 0 Å². The number of fused-ring (bicyclic) bond motifs is 1. The molecule has 0 fully saturated rings. The maximum atomic E-state index is 11.9. The largest absolute Gasteiger partial charge is 0.458 e. The molecule has 2 heterocycles. The van der Waals surface area contributed by atoms with Gasteiger partial charge in [0.15, 0.2) is 0 Å². The average Bonchev–Trinajstić information content (AvgIpc) is 3.05. The fraction of sp³-hybridized carbons (Fsp3) is 0.0833. The molecule has 0 aliphatic heterocycles. The van der Waals surface area contributed by atoms with E-state index < -0.39 is 0 Å². The van der Waals surface area contributed by atoms with E-state index in [4.69, 9.17) is 10.3 Å². The van der Waals surface area contributed by atoms with Crippen LogP contribution in [0.4, 0.5) is 0 Å². The van der Waals surface area contributed by atoms with Crippen molar-refractivity contribution >= 4 is 16.9 Å². The lowest BCUT2D eigenvalue weighted by atomic mass is 10.1. The third-order valence-electron chi connectivity index (χ3n) is 2.80. The molecular weight excluding hydrogens is 246 g/mol. The molecule has 3 aromatic rings. The van der Waals surface area contributed by atoms with E-state index in [1.165, 1.54) is 6.33 Å². The summed E-state index contributed by atoms with van der Waals surface area (Å²) in [4.78, 5) is 15.7. The van der Waals surface area contributed by atoms with Crippen LogP contribution in [0.2, 0.25) is 0 Å². The average molecular weight is 257 g/mol. The van der Waals surface area contributed by atoms with Gasteiger partial charge in [0, 0.05) is 5.39 Å². The fourth-order valence-electron chi connectivity index (χ4n) is 1.99. The van der Waals surface area contributed by atoms with Gasteiger partial charge in [-0.25, -0.2) is 15.5 Å². The second kappa shape index (κ2) is 4.54. The van der Waals surface area contributed by atoms with Crippen LogP contribution in [0.25, 0.3) is 11.0 Å². The number of benzene rings is 1. The van der Waals surface area contributed by atoms with Crippen LogP contribution >= 0.6 is 0 Å². The molecule has 0 radical (unpaired) electrons. The number of amides is 1. The highest BCUT2D eigenvalue weighted by Crippen LogP contribution is 2.26. The molecule has 0 saturated heterocycles. The monoisotopic (exact) mass is 257 g/mol. The number of hydrogen-bond donors (Lipinski definition) is 2. The Morgan fingerprint density at radius 3 is 3.00 bits per heavy atom. The Morgan fingerprint density at radius 1 is 1.42 bits per heavy atom. The van der Waals surface area contributed by atoms with Gasteiger partial charge in [0.1, 0.15) is 30.5 Å². The molecule has 0 unspecified atom stereocenters. The SMILES string of the molecule is NNC(=O)c1c(Cn2cncn2)oc2ccccc12. The molecule has 0 bridgehead atoms. The smallest absolute Gasteiger partial charge is 0.269 e. The molecule has 0 aliphatic carbocycles. The van der Waals surface area contributed by atoms with E-state index in [0.29, 0.717) is 23.5 Å². The van der Waals surface area contributed by atoms with Crippen LogP contribution in [-0.2, 0) is 6.54 Å². The molecule has 3 rings (SSSR count). The molecule has 0 aliphatic rings. The molecule has 0 saturated carbocycles. The van der Waals surface area contributed by atoms with Crippen LogP contribution in [0.1, 0.15) is 16.1 Å². The van der Waals surface area contributed by atoms with E-state index in [9.17, 15) is 4.79 Å². The van der Waals surface area contributed by atoms with Gasteiger partial charge in [-0.2, -0.15) is 5.10 Å². The van der Waals surface area contributed by atoms with Crippen molar-refractivity contribution in [3.8, 4) is 0 Å². The fourth-order valence-corrected chi connectivity index (χ4v) is 1.99. The number of para-hydroxylation sites is 1. The van der Waals surface area contributed by atoms with Crippen molar-refractivity contribution in [1.82, 2.24) is 20.2 Å². The number of nitrogen functional groups attached to an aromatic ring is 1. The Morgan fingerprint density at radius 2 is 2.26 bits per heavy atom. The van der Waals surface area contributed by atoms with Crippen LogP contribution in [-0.4, -0.2) is 20.7 Å². The quantitative estimate of drug-likeness (QED) is 0.408. The lowest BCUT2D eigenvalue weighted by molar-refractivity contribution is 0.0953. The predicted octanol–water partition coefficient (Wildman–Crippen LogP) is 0.676. The minimum Gasteiger partial charge on any atom is -0.458 e. The van der Waals surface area contributed by atoms with Crippen molar-refractivity contribution in [1.29, 1.82) is 0 Å². The summed E-state index contributed by atoms with van der Waals surface area (Å²) in [5.74, 6) is 5.33. The van der Waals surface area contributed by atoms with Crippen LogP contribution in [0, 0.1) is 0 Å². The molecule has 2 aromatic heterocycles. The summed E-state index contributed by atoms with van der Waals surface area (Å²) in [6.45, 7) is 0.317. The summed E-state index contributed by atoms with van der Waals surface area (Å²) in [6.07, 6.45) is 2.97. The highest BCUT2D eigenvalue weighted by Gasteiger charge is 2.20. The molecule has 0 spiro atoms. The van der Waals surface area contributed by atoms with Gasteiger partial charge in [-0.05, 0) is 6.07 Å². The molecular formula is C12H11N5O2. The van der Waals surface area contributed by atoms with E-state index in [2.05, 4.69) is 15.5 Å². The van der Waals surface area contributed by atoms with Gasteiger partial charge < -0.3 is 4.42 Å². The first kappa shape index (κ1) is 11.4. The van der Waals surface area contributed by atoms with Crippen molar-refractivity contribution in [2.75, 3.05) is 0 Å². The van der Waals surface area contributed by atoms with Gasteiger partial charge in [-0.3, -0.25) is 10.2 Å². The van der Waals surface area contributed by atoms with Crippen molar-refractivity contribution in [2.24, 2.45) is 5.84 Å². The first-order valence-corrected chi connectivity index (χ1v) is 5.63. The summed E-state index contributed by atoms with van der Waals surface area (Å²) in [6, 6.07) is 7.29. The molecule has 7 heteroatoms. The van der Waals surface area contributed by atoms with E-state index in [1.54, 1.807) is 17.1 Å². The predicted molar refractivity (Wildman–Crippen MR) is 67.0 cm³/mol. The number of furan rings is 1. The van der Waals surface area contributed by atoms with Gasteiger partial charge in [-0.1, -0.05) is 18.2 Å². The lowest BCUT2D eigenvalue weighted by Gasteiger charge is -2.01. The van der Waals surface area contributed by atoms with Crippen molar-refractivity contribution < 1.29 is 9.21 Å². The number of carbonyl (C=O) groups is 1. The molecule has 7 nitrogen and oxygen atoms in total. The number of hydrogen-bond acceptors (Lipinski definition) is 5.